The molecule has 1 N–H and O–H groups in total. The number of aromatic nitrogens is 2. The maximum absolute atomic E-state index is 5.30. The Morgan fingerprint density at radius 1 is 1.35 bits per heavy atom. The van der Waals surface area contributed by atoms with Gasteiger partial charge in [0.15, 0.2) is 0 Å². The van der Waals surface area contributed by atoms with Crippen LogP contribution in [0.2, 0.25) is 0 Å². The Labute approximate surface area is 135 Å². The number of halogens is 2. The molecule has 6 heteroatoms. The van der Waals surface area contributed by atoms with Crippen molar-refractivity contribution in [3.05, 3.63) is 45.4 Å². The molecule has 1 heterocycles. The summed E-state index contributed by atoms with van der Waals surface area (Å²) in [7, 11) is 1.66. The minimum Gasteiger partial charge on any atom is -0.494 e. The lowest BCUT2D eigenvalue weighted by molar-refractivity contribution is 0.409. The lowest BCUT2D eigenvalue weighted by atomic mass is 10.2. The number of nitrogens with zero attached hydrogens (tertiary/aromatic N) is 2. The normalized spacial score (nSPS) is 12.4. The van der Waals surface area contributed by atoms with Crippen molar-refractivity contribution in [1.29, 1.82) is 0 Å². The Bertz CT molecular complexity index is 535. The third kappa shape index (κ3) is 4.07. The molecular weight excluding hydrogens is 386 g/mol. The van der Waals surface area contributed by atoms with Gasteiger partial charge in [-0.2, -0.15) is 0 Å². The Balaban J connectivity index is 1.93. The summed E-state index contributed by atoms with van der Waals surface area (Å²) in [6.07, 6.45) is 5.60. The zero-order chi connectivity index (χ0) is 14.5. The molecule has 1 aromatic carbocycles. The SMILES string of the molecule is COc1c(Br)cc(CNC(C)Cn2ccnc2)cc1Br. The van der Waals surface area contributed by atoms with Crippen LogP contribution in [0.3, 0.4) is 0 Å². The predicted molar refractivity (Wildman–Crippen MR) is 86.9 cm³/mol. The van der Waals surface area contributed by atoms with Crippen molar-refractivity contribution < 1.29 is 4.74 Å². The van der Waals surface area contributed by atoms with E-state index in [0.717, 1.165) is 27.8 Å². The number of imidazole rings is 1. The van der Waals surface area contributed by atoms with Crippen LogP contribution in [-0.4, -0.2) is 22.7 Å². The largest absolute Gasteiger partial charge is 0.494 e. The molecule has 0 bridgehead atoms. The summed E-state index contributed by atoms with van der Waals surface area (Å²) >= 11 is 7.04. The van der Waals surface area contributed by atoms with Crippen LogP contribution in [0.25, 0.3) is 0 Å². The number of benzene rings is 1. The highest BCUT2D eigenvalue weighted by atomic mass is 79.9. The Morgan fingerprint density at radius 2 is 2.05 bits per heavy atom. The first-order valence-corrected chi connectivity index (χ1v) is 7.89. The van der Waals surface area contributed by atoms with Crippen LogP contribution in [0.1, 0.15) is 12.5 Å². The van der Waals surface area contributed by atoms with Crippen molar-refractivity contribution in [2.24, 2.45) is 0 Å². The first kappa shape index (κ1) is 15.5. The Kier molecular flexibility index (Phi) is 5.63. The van der Waals surface area contributed by atoms with Crippen LogP contribution >= 0.6 is 31.9 Å². The molecule has 0 fully saturated rings. The van der Waals surface area contributed by atoms with Crippen molar-refractivity contribution >= 4 is 31.9 Å². The number of methoxy groups -OCH3 is 1. The standard InChI is InChI=1S/C14H17Br2N3O/c1-10(8-19-4-3-17-9-19)18-7-11-5-12(15)14(20-2)13(16)6-11/h3-6,9-10,18H,7-8H2,1-2H3. The van der Waals surface area contributed by atoms with Crippen molar-refractivity contribution in [2.75, 3.05) is 7.11 Å². The molecule has 2 aromatic rings. The zero-order valence-electron chi connectivity index (χ0n) is 11.4. The van der Waals surface area contributed by atoms with E-state index in [1.54, 1.807) is 13.3 Å². The molecule has 108 valence electrons. The molecule has 0 amide bonds. The molecule has 1 aromatic heterocycles. The molecule has 2 rings (SSSR count). The molecule has 20 heavy (non-hydrogen) atoms. The van der Waals surface area contributed by atoms with Crippen molar-refractivity contribution in [3.63, 3.8) is 0 Å². The van der Waals surface area contributed by atoms with Gasteiger partial charge in [-0.05, 0) is 56.5 Å². The minimum absolute atomic E-state index is 0.365. The van der Waals surface area contributed by atoms with Crippen LogP contribution in [-0.2, 0) is 13.1 Å². The Morgan fingerprint density at radius 3 is 2.60 bits per heavy atom. The van der Waals surface area contributed by atoms with Gasteiger partial charge in [-0.15, -0.1) is 0 Å². The van der Waals surface area contributed by atoms with E-state index in [4.69, 9.17) is 4.74 Å². The third-order valence-electron chi connectivity index (χ3n) is 2.96. The first-order chi connectivity index (χ1) is 9.60. The summed E-state index contributed by atoms with van der Waals surface area (Å²) in [4.78, 5) is 4.04. The van der Waals surface area contributed by atoms with E-state index in [1.165, 1.54) is 5.56 Å². The fourth-order valence-corrected chi connectivity index (χ4v) is 3.58. The summed E-state index contributed by atoms with van der Waals surface area (Å²) in [5, 5.41) is 3.50. The van der Waals surface area contributed by atoms with E-state index < -0.39 is 0 Å². The number of hydrogen-bond donors (Lipinski definition) is 1. The summed E-state index contributed by atoms with van der Waals surface area (Å²) in [5.41, 5.74) is 1.20. The maximum atomic E-state index is 5.30. The molecule has 0 aliphatic rings. The van der Waals surface area contributed by atoms with Crippen LogP contribution < -0.4 is 10.1 Å². The molecule has 0 spiro atoms. The second-order valence-electron chi connectivity index (χ2n) is 4.63. The average molecular weight is 403 g/mol. The van der Waals surface area contributed by atoms with E-state index in [0.29, 0.717) is 6.04 Å². The van der Waals surface area contributed by atoms with Crippen LogP contribution in [0, 0.1) is 0 Å². The fourth-order valence-electron chi connectivity index (χ4n) is 1.98. The van der Waals surface area contributed by atoms with Gasteiger partial charge < -0.3 is 14.6 Å². The van der Waals surface area contributed by atoms with E-state index in [9.17, 15) is 0 Å². The summed E-state index contributed by atoms with van der Waals surface area (Å²) in [6, 6.07) is 4.50. The van der Waals surface area contributed by atoms with E-state index >= 15 is 0 Å². The number of ether oxygens (including phenoxy) is 1. The van der Waals surface area contributed by atoms with E-state index in [1.807, 2.05) is 12.5 Å². The summed E-state index contributed by atoms with van der Waals surface area (Å²) < 4.78 is 9.27. The summed E-state index contributed by atoms with van der Waals surface area (Å²) in [6.45, 7) is 3.86. The highest BCUT2D eigenvalue weighted by Gasteiger charge is 2.09. The molecule has 0 radical (unpaired) electrons. The van der Waals surface area contributed by atoms with Gasteiger partial charge in [0, 0.05) is 31.5 Å². The number of rotatable bonds is 6. The molecule has 1 unspecified atom stereocenters. The first-order valence-electron chi connectivity index (χ1n) is 6.31. The second kappa shape index (κ2) is 7.24. The summed E-state index contributed by atoms with van der Waals surface area (Å²) in [5.74, 6) is 0.820. The molecule has 0 aliphatic carbocycles. The van der Waals surface area contributed by atoms with Gasteiger partial charge in [0.1, 0.15) is 5.75 Å². The second-order valence-corrected chi connectivity index (χ2v) is 6.34. The zero-order valence-corrected chi connectivity index (χ0v) is 14.6. The van der Waals surface area contributed by atoms with Crippen LogP contribution in [0.5, 0.6) is 5.75 Å². The van der Waals surface area contributed by atoms with E-state index in [-0.39, 0.29) is 0 Å². The van der Waals surface area contributed by atoms with Gasteiger partial charge in [0.05, 0.1) is 22.4 Å². The highest BCUT2D eigenvalue weighted by molar-refractivity contribution is 9.11. The van der Waals surface area contributed by atoms with Crippen LogP contribution in [0.4, 0.5) is 0 Å². The van der Waals surface area contributed by atoms with Gasteiger partial charge >= 0.3 is 0 Å². The maximum Gasteiger partial charge on any atom is 0.147 e. The van der Waals surface area contributed by atoms with E-state index in [2.05, 4.69) is 65.8 Å². The molecular formula is C14H17Br2N3O. The lowest BCUT2D eigenvalue weighted by Gasteiger charge is -2.15. The van der Waals surface area contributed by atoms with Gasteiger partial charge in [-0.3, -0.25) is 0 Å². The molecule has 4 nitrogen and oxygen atoms in total. The molecule has 0 aliphatic heterocycles. The van der Waals surface area contributed by atoms with Crippen LogP contribution in [0.15, 0.2) is 39.8 Å². The van der Waals surface area contributed by atoms with Crippen molar-refractivity contribution in [2.45, 2.75) is 26.1 Å². The number of hydrogen-bond acceptors (Lipinski definition) is 3. The van der Waals surface area contributed by atoms with Crippen molar-refractivity contribution in [1.82, 2.24) is 14.9 Å². The quantitative estimate of drug-likeness (QED) is 0.802. The van der Waals surface area contributed by atoms with Gasteiger partial charge in [0.2, 0.25) is 0 Å². The number of nitrogens with one attached hydrogen (secondary N) is 1. The highest BCUT2D eigenvalue weighted by Crippen LogP contribution is 2.34. The predicted octanol–water partition coefficient (Wildman–Crippen LogP) is 3.60. The fraction of sp³-hybridized carbons (Fsp3) is 0.357. The molecule has 0 saturated heterocycles. The average Bonchev–Trinajstić information content (AvgIpc) is 2.89. The molecule has 0 saturated carbocycles. The van der Waals surface area contributed by atoms with Crippen molar-refractivity contribution in [3.8, 4) is 5.75 Å². The van der Waals surface area contributed by atoms with Gasteiger partial charge in [-0.25, -0.2) is 4.98 Å². The smallest absolute Gasteiger partial charge is 0.147 e. The lowest BCUT2D eigenvalue weighted by Crippen LogP contribution is -2.29. The van der Waals surface area contributed by atoms with Gasteiger partial charge in [-0.1, -0.05) is 0 Å². The third-order valence-corrected chi connectivity index (χ3v) is 4.14. The monoisotopic (exact) mass is 401 g/mol. The van der Waals surface area contributed by atoms with Gasteiger partial charge in [0.25, 0.3) is 0 Å². The topological polar surface area (TPSA) is 39.1 Å². The Hall–Kier alpha value is -0.850. The minimum atomic E-state index is 0.365. The molecule has 1 atom stereocenters.